The quantitative estimate of drug-likeness (QED) is 0.749. The van der Waals surface area contributed by atoms with E-state index in [9.17, 15) is 4.79 Å². The lowest BCUT2D eigenvalue weighted by Crippen LogP contribution is -2.14. The normalized spacial score (nSPS) is 10.3. The van der Waals surface area contributed by atoms with Gasteiger partial charge in [-0.15, -0.1) is 0 Å². The summed E-state index contributed by atoms with van der Waals surface area (Å²) in [6.45, 7) is 2.15. The molecule has 1 N–H and O–H groups in total. The molecule has 0 aliphatic heterocycles. The highest BCUT2D eigenvalue weighted by atomic mass is 79.9. The third-order valence-electron chi connectivity index (χ3n) is 3.68. The van der Waals surface area contributed by atoms with E-state index < -0.39 is 0 Å². The number of halogens is 1. The largest absolute Gasteiger partial charge is 0.493 e. The first kappa shape index (κ1) is 18.3. The number of aryl methyl sites for hydroxylation is 1. The van der Waals surface area contributed by atoms with E-state index in [4.69, 9.17) is 9.47 Å². The van der Waals surface area contributed by atoms with Gasteiger partial charge in [0.15, 0.2) is 11.5 Å². The maximum Gasteiger partial charge on any atom is 0.228 e. The van der Waals surface area contributed by atoms with Crippen LogP contribution >= 0.6 is 15.9 Å². The first-order valence-corrected chi connectivity index (χ1v) is 8.65. The van der Waals surface area contributed by atoms with Crippen molar-refractivity contribution in [3.8, 4) is 11.5 Å². The molecule has 4 nitrogen and oxygen atoms in total. The highest BCUT2D eigenvalue weighted by molar-refractivity contribution is 9.10. The van der Waals surface area contributed by atoms with E-state index in [0.717, 1.165) is 28.6 Å². The molecule has 0 unspecified atom stereocenters. The van der Waals surface area contributed by atoms with E-state index in [2.05, 4.69) is 28.2 Å². The number of hydrogen-bond acceptors (Lipinski definition) is 3. The van der Waals surface area contributed by atoms with Crippen molar-refractivity contribution in [3.05, 3.63) is 52.0 Å². The Morgan fingerprint density at radius 1 is 1.08 bits per heavy atom. The van der Waals surface area contributed by atoms with Crippen LogP contribution in [-0.2, 0) is 17.6 Å². The number of carbonyl (C=O) groups is 1. The van der Waals surface area contributed by atoms with Crippen LogP contribution in [0.4, 0.5) is 5.69 Å². The van der Waals surface area contributed by atoms with Gasteiger partial charge >= 0.3 is 0 Å². The summed E-state index contributed by atoms with van der Waals surface area (Å²) in [5.41, 5.74) is 2.92. The maximum absolute atomic E-state index is 12.3. The van der Waals surface area contributed by atoms with Gasteiger partial charge in [-0.1, -0.05) is 41.4 Å². The van der Waals surface area contributed by atoms with Gasteiger partial charge in [0.05, 0.1) is 20.6 Å². The molecule has 0 saturated carbocycles. The summed E-state index contributed by atoms with van der Waals surface area (Å²) in [6, 6.07) is 11.6. The third kappa shape index (κ3) is 4.74. The van der Waals surface area contributed by atoms with Crippen molar-refractivity contribution in [2.75, 3.05) is 19.5 Å². The summed E-state index contributed by atoms with van der Waals surface area (Å²) in [5.74, 6) is 1.15. The minimum atomic E-state index is -0.0776. The van der Waals surface area contributed by atoms with Crippen molar-refractivity contribution in [1.82, 2.24) is 0 Å². The standard InChI is InChI=1S/C19H22BrNO3/c1-4-5-13-6-8-15(9-7-13)21-19(22)11-14-10-17(23-2)18(24-3)12-16(14)20/h6-10,12H,4-5,11H2,1-3H3,(H,21,22). The van der Waals surface area contributed by atoms with Gasteiger partial charge in [0.2, 0.25) is 5.91 Å². The Morgan fingerprint density at radius 2 is 1.71 bits per heavy atom. The molecule has 0 radical (unpaired) electrons. The van der Waals surface area contributed by atoms with Gasteiger partial charge in [-0.25, -0.2) is 0 Å². The van der Waals surface area contributed by atoms with Crippen molar-refractivity contribution < 1.29 is 14.3 Å². The van der Waals surface area contributed by atoms with Crippen LogP contribution in [0.3, 0.4) is 0 Å². The van der Waals surface area contributed by atoms with Crippen LogP contribution < -0.4 is 14.8 Å². The number of hydrogen-bond donors (Lipinski definition) is 1. The Morgan fingerprint density at radius 3 is 2.29 bits per heavy atom. The van der Waals surface area contributed by atoms with Crippen molar-refractivity contribution in [2.24, 2.45) is 0 Å². The third-order valence-corrected chi connectivity index (χ3v) is 4.42. The molecule has 0 spiro atoms. The lowest BCUT2D eigenvalue weighted by molar-refractivity contribution is -0.115. The molecule has 1 amide bonds. The molecule has 0 aromatic heterocycles. The molecule has 0 aliphatic rings. The monoisotopic (exact) mass is 391 g/mol. The van der Waals surface area contributed by atoms with Crippen molar-refractivity contribution in [1.29, 1.82) is 0 Å². The lowest BCUT2D eigenvalue weighted by atomic mass is 10.1. The zero-order valence-corrected chi connectivity index (χ0v) is 15.8. The molecular formula is C19H22BrNO3. The topological polar surface area (TPSA) is 47.6 Å². The van der Waals surface area contributed by atoms with Gasteiger partial charge in [0, 0.05) is 10.2 Å². The number of benzene rings is 2. The lowest BCUT2D eigenvalue weighted by Gasteiger charge is -2.12. The second-order valence-electron chi connectivity index (χ2n) is 5.47. The Hall–Kier alpha value is -2.01. The number of ether oxygens (including phenoxy) is 2. The fourth-order valence-electron chi connectivity index (χ4n) is 2.45. The molecule has 0 saturated heterocycles. The summed E-state index contributed by atoms with van der Waals surface area (Å²) in [7, 11) is 3.16. The molecule has 0 bridgehead atoms. The second kappa shape index (κ2) is 8.73. The number of carbonyl (C=O) groups excluding carboxylic acids is 1. The average Bonchev–Trinajstić information content (AvgIpc) is 2.58. The van der Waals surface area contributed by atoms with E-state index in [1.165, 1.54) is 5.56 Å². The zero-order valence-electron chi connectivity index (χ0n) is 14.2. The SMILES string of the molecule is CCCc1ccc(NC(=O)Cc2cc(OC)c(OC)cc2Br)cc1. The fraction of sp³-hybridized carbons (Fsp3) is 0.316. The minimum absolute atomic E-state index is 0.0776. The van der Waals surface area contributed by atoms with Gasteiger partial charge in [-0.2, -0.15) is 0 Å². The predicted octanol–water partition coefficient (Wildman–Crippen LogP) is 4.60. The van der Waals surface area contributed by atoms with Crippen LogP contribution in [0.25, 0.3) is 0 Å². The number of rotatable bonds is 7. The van der Waals surface area contributed by atoms with Crippen LogP contribution in [0.1, 0.15) is 24.5 Å². The van der Waals surface area contributed by atoms with Crippen molar-refractivity contribution in [3.63, 3.8) is 0 Å². The Kier molecular flexibility index (Phi) is 6.67. The summed E-state index contributed by atoms with van der Waals surface area (Å²) >= 11 is 3.48. The van der Waals surface area contributed by atoms with E-state index in [0.29, 0.717) is 11.5 Å². The number of anilines is 1. The van der Waals surface area contributed by atoms with Crippen LogP contribution in [0.2, 0.25) is 0 Å². The summed E-state index contributed by atoms with van der Waals surface area (Å²) in [4.78, 5) is 12.3. The molecule has 2 aromatic rings. The maximum atomic E-state index is 12.3. The van der Waals surface area contributed by atoms with Crippen molar-refractivity contribution >= 4 is 27.5 Å². The molecule has 2 aromatic carbocycles. The minimum Gasteiger partial charge on any atom is -0.493 e. The fourth-order valence-corrected chi connectivity index (χ4v) is 2.92. The first-order chi connectivity index (χ1) is 11.6. The molecule has 0 aliphatic carbocycles. The van der Waals surface area contributed by atoms with E-state index >= 15 is 0 Å². The number of methoxy groups -OCH3 is 2. The predicted molar refractivity (Wildman–Crippen MR) is 100 cm³/mol. The van der Waals surface area contributed by atoms with E-state index in [1.807, 2.05) is 30.3 Å². The van der Waals surface area contributed by atoms with Gasteiger partial charge < -0.3 is 14.8 Å². The van der Waals surface area contributed by atoms with Crippen LogP contribution in [0.5, 0.6) is 11.5 Å². The van der Waals surface area contributed by atoms with Gasteiger partial charge in [0.25, 0.3) is 0 Å². The van der Waals surface area contributed by atoms with Crippen LogP contribution in [-0.4, -0.2) is 20.1 Å². The van der Waals surface area contributed by atoms with Gasteiger partial charge in [-0.3, -0.25) is 4.79 Å². The molecule has 2 rings (SSSR count). The van der Waals surface area contributed by atoms with Crippen molar-refractivity contribution in [2.45, 2.75) is 26.2 Å². The molecule has 0 fully saturated rings. The smallest absolute Gasteiger partial charge is 0.228 e. The van der Waals surface area contributed by atoms with Gasteiger partial charge in [-0.05, 0) is 41.8 Å². The Balaban J connectivity index is 2.06. The Bertz CT molecular complexity index is 699. The highest BCUT2D eigenvalue weighted by Gasteiger charge is 2.13. The zero-order chi connectivity index (χ0) is 17.5. The first-order valence-electron chi connectivity index (χ1n) is 7.86. The molecule has 0 heterocycles. The molecule has 5 heteroatoms. The summed E-state index contributed by atoms with van der Waals surface area (Å²) < 4.78 is 11.4. The highest BCUT2D eigenvalue weighted by Crippen LogP contribution is 2.33. The molecule has 128 valence electrons. The van der Waals surface area contributed by atoms with Crippen LogP contribution in [0, 0.1) is 0 Å². The Labute approximate surface area is 151 Å². The molecular weight excluding hydrogens is 370 g/mol. The molecule has 0 atom stereocenters. The van der Waals surface area contributed by atoms with Gasteiger partial charge in [0.1, 0.15) is 0 Å². The number of nitrogens with one attached hydrogen (secondary N) is 1. The summed E-state index contributed by atoms with van der Waals surface area (Å²) in [5, 5.41) is 2.92. The number of amides is 1. The van der Waals surface area contributed by atoms with E-state index in [-0.39, 0.29) is 12.3 Å². The average molecular weight is 392 g/mol. The second-order valence-corrected chi connectivity index (χ2v) is 6.32. The summed E-state index contributed by atoms with van der Waals surface area (Å²) in [6.07, 6.45) is 2.41. The van der Waals surface area contributed by atoms with E-state index in [1.54, 1.807) is 20.3 Å². The van der Waals surface area contributed by atoms with Crippen LogP contribution in [0.15, 0.2) is 40.9 Å². The molecule has 24 heavy (non-hydrogen) atoms.